The van der Waals surface area contributed by atoms with Crippen LogP contribution in [0.4, 0.5) is 0 Å². The highest BCUT2D eigenvalue weighted by Gasteiger charge is 2.47. The van der Waals surface area contributed by atoms with Crippen molar-refractivity contribution >= 4 is 5.91 Å². The van der Waals surface area contributed by atoms with Crippen molar-refractivity contribution in [3.05, 3.63) is 0 Å². The lowest BCUT2D eigenvalue weighted by molar-refractivity contribution is -0.124. The van der Waals surface area contributed by atoms with E-state index in [1.54, 1.807) is 0 Å². The average molecular weight is 155 g/mol. The van der Waals surface area contributed by atoms with Gasteiger partial charge in [0.15, 0.2) is 0 Å². The van der Waals surface area contributed by atoms with Gasteiger partial charge in [0.25, 0.3) is 0 Å². The molecule has 0 atom stereocenters. The molecule has 62 valence electrons. The van der Waals surface area contributed by atoms with Crippen molar-refractivity contribution in [2.75, 3.05) is 32.7 Å². The second-order valence-electron chi connectivity index (χ2n) is 3.72. The first kappa shape index (κ1) is 7.06. The number of hydrogen-bond acceptors (Lipinski definition) is 3. The van der Waals surface area contributed by atoms with Crippen LogP contribution in [0.5, 0.6) is 0 Å². The number of primary amides is 1. The molecule has 0 aliphatic carbocycles. The van der Waals surface area contributed by atoms with Gasteiger partial charge in [-0.1, -0.05) is 0 Å². The van der Waals surface area contributed by atoms with Crippen molar-refractivity contribution in [3.8, 4) is 0 Å². The minimum Gasteiger partial charge on any atom is -0.369 e. The van der Waals surface area contributed by atoms with Gasteiger partial charge in [0.1, 0.15) is 0 Å². The van der Waals surface area contributed by atoms with E-state index in [4.69, 9.17) is 5.73 Å². The molecule has 11 heavy (non-hydrogen) atoms. The second-order valence-corrected chi connectivity index (χ2v) is 3.72. The van der Waals surface area contributed by atoms with Gasteiger partial charge in [-0.3, -0.25) is 9.69 Å². The summed E-state index contributed by atoms with van der Waals surface area (Å²) in [5.74, 6) is -0.216. The quantitative estimate of drug-likeness (QED) is 0.504. The molecule has 2 saturated heterocycles. The fourth-order valence-electron chi connectivity index (χ4n) is 1.94. The largest absolute Gasteiger partial charge is 0.369 e. The molecule has 4 nitrogen and oxygen atoms in total. The van der Waals surface area contributed by atoms with Crippen molar-refractivity contribution < 1.29 is 4.79 Å². The maximum Gasteiger partial charge on any atom is 0.231 e. The molecule has 2 heterocycles. The Morgan fingerprint density at radius 2 is 2.18 bits per heavy atom. The summed E-state index contributed by atoms with van der Waals surface area (Å²) in [5, 5.41) is 3.23. The maximum absolute atomic E-state index is 10.5. The Morgan fingerprint density at radius 1 is 1.55 bits per heavy atom. The smallest absolute Gasteiger partial charge is 0.231 e. The zero-order valence-electron chi connectivity index (χ0n) is 6.47. The molecule has 3 N–H and O–H groups in total. The van der Waals surface area contributed by atoms with Crippen molar-refractivity contribution in [2.24, 2.45) is 11.1 Å². The minimum absolute atomic E-state index is 0.216. The van der Waals surface area contributed by atoms with E-state index in [-0.39, 0.29) is 5.91 Å². The summed E-state index contributed by atoms with van der Waals surface area (Å²) in [6.45, 7) is 4.75. The van der Waals surface area contributed by atoms with Crippen LogP contribution >= 0.6 is 0 Å². The van der Waals surface area contributed by atoms with Crippen LogP contribution in [0, 0.1) is 5.41 Å². The summed E-state index contributed by atoms with van der Waals surface area (Å²) in [5.41, 5.74) is 5.56. The Balaban J connectivity index is 1.75. The third-order valence-electron chi connectivity index (χ3n) is 2.50. The molecule has 2 aliphatic heterocycles. The topological polar surface area (TPSA) is 58.4 Å². The molecule has 1 amide bonds. The van der Waals surface area contributed by atoms with E-state index >= 15 is 0 Å². The molecule has 1 spiro atoms. The Hall–Kier alpha value is -0.610. The summed E-state index contributed by atoms with van der Waals surface area (Å²) in [6.07, 6.45) is 0. The molecule has 0 saturated carbocycles. The van der Waals surface area contributed by atoms with Crippen LogP contribution in [0.25, 0.3) is 0 Å². The molecule has 0 radical (unpaired) electrons. The summed E-state index contributed by atoms with van der Waals surface area (Å²) in [6, 6.07) is 0. The van der Waals surface area contributed by atoms with E-state index in [1.807, 2.05) is 0 Å². The van der Waals surface area contributed by atoms with Crippen LogP contribution in [0.1, 0.15) is 0 Å². The predicted octanol–water partition coefficient (Wildman–Crippen LogP) is -1.62. The van der Waals surface area contributed by atoms with Crippen LogP contribution in [-0.4, -0.2) is 43.5 Å². The van der Waals surface area contributed by atoms with E-state index < -0.39 is 0 Å². The van der Waals surface area contributed by atoms with Crippen LogP contribution in [0.15, 0.2) is 0 Å². The highest BCUT2D eigenvalue weighted by Crippen LogP contribution is 2.33. The number of carbonyl (C=O) groups is 1. The van der Waals surface area contributed by atoms with E-state index in [0.29, 0.717) is 12.0 Å². The number of likely N-dealkylation sites (tertiary alicyclic amines) is 1. The first-order valence-electron chi connectivity index (χ1n) is 3.92. The van der Waals surface area contributed by atoms with Gasteiger partial charge in [0.2, 0.25) is 5.91 Å². The van der Waals surface area contributed by atoms with Crippen molar-refractivity contribution in [2.45, 2.75) is 0 Å². The number of hydrogen-bond donors (Lipinski definition) is 2. The molecule has 4 heteroatoms. The molecule has 2 fully saturated rings. The van der Waals surface area contributed by atoms with Crippen molar-refractivity contribution in [1.82, 2.24) is 10.2 Å². The predicted molar refractivity (Wildman–Crippen MR) is 40.9 cm³/mol. The molecular weight excluding hydrogens is 142 g/mol. The zero-order chi connectivity index (χ0) is 7.90. The lowest BCUT2D eigenvalue weighted by atomic mass is 9.74. The number of nitrogens with zero attached hydrogens (tertiary/aromatic N) is 1. The van der Waals surface area contributed by atoms with Gasteiger partial charge in [0, 0.05) is 31.6 Å². The number of nitrogens with one attached hydrogen (secondary N) is 1. The lowest BCUT2D eigenvalue weighted by Crippen LogP contribution is -2.71. The van der Waals surface area contributed by atoms with Gasteiger partial charge in [-0.2, -0.15) is 0 Å². The van der Waals surface area contributed by atoms with Gasteiger partial charge < -0.3 is 11.1 Å². The molecule has 0 unspecified atom stereocenters. The Labute approximate surface area is 65.7 Å². The fraction of sp³-hybridized carbons (Fsp3) is 0.857. The molecule has 2 rings (SSSR count). The SMILES string of the molecule is NC(=O)CN1CC2(CNC2)C1. The van der Waals surface area contributed by atoms with Gasteiger partial charge in [-0.15, -0.1) is 0 Å². The van der Waals surface area contributed by atoms with Crippen LogP contribution in [-0.2, 0) is 4.79 Å². The van der Waals surface area contributed by atoms with E-state index in [9.17, 15) is 4.79 Å². The van der Waals surface area contributed by atoms with Gasteiger partial charge in [0.05, 0.1) is 6.54 Å². The van der Waals surface area contributed by atoms with Crippen molar-refractivity contribution in [1.29, 1.82) is 0 Å². The monoisotopic (exact) mass is 155 g/mol. The maximum atomic E-state index is 10.5. The van der Waals surface area contributed by atoms with Crippen LogP contribution in [0.3, 0.4) is 0 Å². The second kappa shape index (κ2) is 2.19. The molecule has 0 bridgehead atoms. The van der Waals surface area contributed by atoms with Gasteiger partial charge >= 0.3 is 0 Å². The Kier molecular flexibility index (Phi) is 1.40. The minimum atomic E-state index is -0.216. The van der Waals surface area contributed by atoms with Crippen LogP contribution < -0.4 is 11.1 Å². The number of rotatable bonds is 2. The van der Waals surface area contributed by atoms with Crippen LogP contribution in [0.2, 0.25) is 0 Å². The lowest BCUT2D eigenvalue weighted by Gasteiger charge is -2.55. The Bertz CT molecular complexity index is 180. The Morgan fingerprint density at radius 3 is 2.55 bits per heavy atom. The molecule has 0 aromatic carbocycles. The number of amides is 1. The zero-order valence-corrected chi connectivity index (χ0v) is 6.47. The molecule has 2 aliphatic rings. The van der Waals surface area contributed by atoms with Crippen molar-refractivity contribution in [3.63, 3.8) is 0 Å². The highest BCUT2D eigenvalue weighted by molar-refractivity contribution is 5.76. The summed E-state index contributed by atoms with van der Waals surface area (Å²) >= 11 is 0. The highest BCUT2D eigenvalue weighted by atomic mass is 16.1. The standard InChI is InChI=1S/C7H13N3O/c8-6(11)1-10-4-7(5-10)2-9-3-7/h9H,1-5H2,(H2,8,11). The van der Waals surface area contributed by atoms with E-state index in [1.165, 1.54) is 0 Å². The van der Waals surface area contributed by atoms with Gasteiger partial charge in [-0.25, -0.2) is 0 Å². The summed E-state index contributed by atoms with van der Waals surface area (Å²) in [7, 11) is 0. The normalized spacial score (nSPS) is 27.6. The fourth-order valence-corrected chi connectivity index (χ4v) is 1.94. The number of carbonyl (C=O) groups excluding carboxylic acids is 1. The molecule has 0 aromatic rings. The summed E-state index contributed by atoms with van der Waals surface area (Å²) in [4.78, 5) is 12.6. The summed E-state index contributed by atoms with van der Waals surface area (Å²) < 4.78 is 0. The third-order valence-corrected chi connectivity index (χ3v) is 2.50. The first-order chi connectivity index (χ1) is 5.20. The number of nitrogens with two attached hydrogens (primary N) is 1. The van der Waals surface area contributed by atoms with E-state index in [0.717, 1.165) is 26.2 Å². The van der Waals surface area contributed by atoms with E-state index in [2.05, 4.69) is 10.2 Å². The van der Waals surface area contributed by atoms with Gasteiger partial charge in [-0.05, 0) is 0 Å². The molecule has 0 aromatic heterocycles. The average Bonchev–Trinajstić information content (AvgIpc) is 1.71. The first-order valence-corrected chi connectivity index (χ1v) is 3.92. The molecular formula is C7H13N3O. The third kappa shape index (κ3) is 1.12.